The van der Waals surface area contributed by atoms with Crippen LogP contribution in [0.15, 0.2) is 24.3 Å². The number of methoxy groups -OCH3 is 1. The zero-order chi connectivity index (χ0) is 26.6. The maximum absolute atomic E-state index is 13.6. The van der Waals surface area contributed by atoms with Crippen LogP contribution >= 0.6 is 0 Å². The highest BCUT2D eigenvalue weighted by molar-refractivity contribution is 5.93. The Labute approximate surface area is 207 Å². The number of unbranched alkanes of at least 4 members (excludes halogenated alkanes) is 2. The zero-order valence-electron chi connectivity index (χ0n) is 21.5. The van der Waals surface area contributed by atoms with Gasteiger partial charge in [0.1, 0.15) is 24.2 Å². The van der Waals surface area contributed by atoms with Gasteiger partial charge < -0.3 is 25.0 Å². The molecule has 0 aromatic heterocycles. The number of ether oxygens (including phenoxy) is 2. The van der Waals surface area contributed by atoms with Crippen LogP contribution in [0, 0.1) is 12.3 Å². The van der Waals surface area contributed by atoms with Crippen LogP contribution in [0.25, 0.3) is 0 Å². The van der Waals surface area contributed by atoms with Gasteiger partial charge in [0, 0.05) is 12.1 Å². The van der Waals surface area contributed by atoms with Crippen LogP contribution in [0.3, 0.4) is 0 Å². The topological polar surface area (TPSA) is 114 Å². The van der Waals surface area contributed by atoms with Crippen molar-refractivity contribution in [3.63, 3.8) is 0 Å². The monoisotopic (exact) mass is 487 g/mol. The molecule has 0 radical (unpaired) electrons. The highest BCUT2D eigenvalue weighted by Crippen LogP contribution is 2.26. The molecule has 1 aromatic carbocycles. The van der Waals surface area contributed by atoms with Gasteiger partial charge in [0.25, 0.3) is 0 Å². The summed E-state index contributed by atoms with van der Waals surface area (Å²) in [6, 6.07) is 4.68. The van der Waals surface area contributed by atoms with Crippen LogP contribution in [0.1, 0.15) is 71.0 Å². The fourth-order valence-electron chi connectivity index (χ4n) is 3.34. The van der Waals surface area contributed by atoms with Crippen molar-refractivity contribution >= 4 is 23.9 Å². The lowest BCUT2D eigenvalue weighted by Crippen LogP contribution is -2.52. The number of rotatable bonds is 11. The van der Waals surface area contributed by atoms with E-state index in [-0.39, 0.29) is 13.1 Å². The van der Waals surface area contributed by atoms with Crippen LogP contribution in [0.4, 0.5) is 4.79 Å². The number of terminal acetylenes is 1. The molecule has 9 nitrogen and oxygen atoms in total. The van der Waals surface area contributed by atoms with Crippen molar-refractivity contribution in [1.82, 2.24) is 15.5 Å². The Bertz CT molecular complexity index is 932. The lowest BCUT2D eigenvalue weighted by Gasteiger charge is -2.34. The first-order valence-electron chi connectivity index (χ1n) is 11.6. The normalized spacial score (nSPS) is 12.5. The van der Waals surface area contributed by atoms with E-state index in [9.17, 15) is 19.2 Å². The third-order valence-corrected chi connectivity index (χ3v) is 4.99. The molecular weight excluding hydrogens is 450 g/mol. The summed E-state index contributed by atoms with van der Waals surface area (Å²) in [5.74, 6) is 0.843. The minimum Gasteiger partial charge on any atom is -0.468 e. The van der Waals surface area contributed by atoms with Gasteiger partial charge in [-0.15, -0.1) is 6.42 Å². The van der Waals surface area contributed by atoms with E-state index in [1.165, 1.54) is 18.9 Å². The van der Waals surface area contributed by atoms with Gasteiger partial charge in [-0.25, -0.2) is 4.79 Å². The maximum atomic E-state index is 13.6. The molecule has 2 unspecified atom stereocenters. The number of amides is 3. The first-order chi connectivity index (χ1) is 16.4. The van der Waals surface area contributed by atoms with E-state index >= 15 is 0 Å². The Balaban J connectivity index is 3.39. The van der Waals surface area contributed by atoms with Crippen LogP contribution in [0.5, 0.6) is 0 Å². The van der Waals surface area contributed by atoms with E-state index in [1.54, 1.807) is 45.0 Å². The Hall–Kier alpha value is -3.54. The largest absolute Gasteiger partial charge is 0.468 e. The molecule has 192 valence electrons. The number of benzene rings is 1. The molecule has 0 fully saturated rings. The number of nitrogens with one attached hydrogen (secondary N) is 2. The molecule has 0 saturated heterocycles. The average molecular weight is 488 g/mol. The molecule has 2 N–H and O–H groups in total. The second-order valence-electron chi connectivity index (χ2n) is 9.03. The van der Waals surface area contributed by atoms with E-state index in [1.807, 2.05) is 6.92 Å². The molecular formula is C26H37N3O6. The van der Waals surface area contributed by atoms with Crippen molar-refractivity contribution in [2.45, 2.75) is 71.6 Å². The lowest BCUT2D eigenvalue weighted by atomic mass is 9.97. The first kappa shape index (κ1) is 29.5. The molecule has 9 heteroatoms. The maximum Gasteiger partial charge on any atom is 0.408 e. The minimum atomic E-state index is -1.13. The van der Waals surface area contributed by atoms with E-state index < -0.39 is 41.6 Å². The number of hydrogen-bond acceptors (Lipinski definition) is 6. The third kappa shape index (κ3) is 9.69. The van der Waals surface area contributed by atoms with Crippen molar-refractivity contribution < 1.29 is 28.7 Å². The highest BCUT2D eigenvalue weighted by Gasteiger charge is 2.35. The van der Waals surface area contributed by atoms with Crippen molar-refractivity contribution in [3.05, 3.63) is 35.4 Å². The van der Waals surface area contributed by atoms with E-state index in [0.29, 0.717) is 17.5 Å². The molecule has 0 aliphatic rings. The van der Waals surface area contributed by atoms with Crippen molar-refractivity contribution in [2.24, 2.45) is 0 Å². The van der Waals surface area contributed by atoms with Gasteiger partial charge in [0.05, 0.1) is 7.11 Å². The smallest absolute Gasteiger partial charge is 0.408 e. The van der Waals surface area contributed by atoms with E-state index in [4.69, 9.17) is 11.2 Å². The number of alkyl carbamates (subject to hydrolysis) is 1. The fraction of sp³-hybridized carbons (Fsp3) is 0.538. The van der Waals surface area contributed by atoms with Gasteiger partial charge in [-0.2, -0.15) is 0 Å². The molecule has 0 bridgehead atoms. The molecule has 1 rings (SSSR count). The van der Waals surface area contributed by atoms with Gasteiger partial charge in [-0.1, -0.05) is 43.9 Å². The molecule has 1 aromatic rings. The molecule has 2 atom stereocenters. The zero-order valence-corrected chi connectivity index (χ0v) is 21.5. The molecule has 0 aliphatic carbocycles. The molecule has 0 saturated carbocycles. The van der Waals surface area contributed by atoms with Crippen LogP contribution in [-0.4, -0.2) is 60.6 Å². The summed E-state index contributed by atoms with van der Waals surface area (Å²) >= 11 is 0. The fourth-order valence-corrected chi connectivity index (χ4v) is 3.34. The number of nitrogens with zero attached hydrogens (tertiary/aromatic N) is 1. The quantitative estimate of drug-likeness (QED) is 0.282. The van der Waals surface area contributed by atoms with Crippen LogP contribution in [-0.2, 0) is 23.9 Å². The molecule has 35 heavy (non-hydrogen) atoms. The number of carbonyl (C=O) groups is 4. The number of carbonyl (C=O) groups excluding carboxylic acids is 4. The molecule has 0 spiro atoms. The lowest BCUT2D eigenvalue weighted by molar-refractivity contribution is -0.144. The second kappa shape index (κ2) is 14.0. The van der Waals surface area contributed by atoms with Crippen molar-refractivity contribution in [3.8, 4) is 12.3 Å². The summed E-state index contributed by atoms with van der Waals surface area (Å²) in [7, 11) is 1.21. The number of esters is 1. The predicted molar refractivity (Wildman–Crippen MR) is 132 cm³/mol. The van der Waals surface area contributed by atoms with Crippen molar-refractivity contribution in [2.75, 3.05) is 20.2 Å². The standard InChI is InChI=1S/C26H37N3O6/c1-8-10-13-16-29(24(32)18(3)28-25(33)35-26(4,5)6)22(23(31)27-17-21(30)34-7)20-15-12-11-14-19(20)9-2/h2,11-12,14-15,18,22H,8,10,13,16-17H2,1,3-7H3,(H,27,31)(H,28,33). The summed E-state index contributed by atoms with van der Waals surface area (Å²) in [6.45, 7) is 8.56. The van der Waals surface area contributed by atoms with Gasteiger partial charge >= 0.3 is 12.1 Å². The molecule has 0 heterocycles. The SMILES string of the molecule is C#Cc1ccccc1C(C(=O)NCC(=O)OC)N(CCCCC)C(=O)C(C)NC(=O)OC(C)(C)C. The Kier molecular flexibility index (Phi) is 11.8. The first-order valence-corrected chi connectivity index (χ1v) is 11.6. The van der Waals surface area contributed by atoms with Crippen LogP contribution < -0.4 is 10.6 Å². The average Bonchev–Trinajstić information content (AvgIpc) is 2.80. The van der Waals surface area contributed by atoms with E-state index in [2.05, 4.69) is 21.3 Å². The molecule has 3 amide bonds. The summed E-state index contributed by atoms with van der Waals surface area (Å²) in [6.07, 6.45) is 7.28. The van der Waals surface area contributed by atoms with E-state index in [0.717, 1.165) is 12.8 Å². The molecule has 0 aliphatic heterocycles. The van der Waals surface area contributed by atoms with Gasteiger partial charge in [0.2, 0.25) is 11.8 Å². The predicted octanol–water partition coefficient (Wildman–Crippen LogP) is 2.93. The summed E-state index contributed by atoms with van der Waals surface area (Å²) in [5.41, 5.74) is 0.133. The van der Waals surface area contributed by atoms with Crippen molar-refractivity contribution in [1.29, 1.82) is 0 Å². The van der Waals surface area contributed by atoms with Crippen LogP contribution in [0.2, 0.25) is 0 Å². The summed E-state index contributed by atoms with van der Waals surface area (Å²) < 4.78 is 9.88. The third-order valence-electron chi connectivity index (χ3n) is 4.99. The summed E-state index contributed by atoms with van der Waals surface area (Å²) in [5, 5.41) is 5.07. The second-order valence-corrected chi connectivity index (χ2v) is 9.03. The highest BCUT2D eigenvalue weighted by atomic mass is 16.6. The van der Waals surface area contributed by atoms with Gasteiger partial charge in [-0.3, -0.25) is 14.4 Å². The van der Waals surface area contributed by atoms with Gasteiger partial charge in [0.15, 0.2) is 0 Å². The Morgan fingerprint density at radius 2 is 1.80 bits per heavy atom. The Morgan fingerprint density at radius 1 is 1.14 bits per heavy atom. The summed E-state index contributed by atoms with van der Waals surface area (Å²) in [4.78, 5) is 52.2. The Morgan fingerprint density at radius 3 is 2.37 bits per heavy atom. The minimum absolute atomic E-state index is 0.238. The van der Waals surface area contributed by atoms with Gasteiger partial charge in [-0.05, 0) is 45.7 Å². The number of hydrogen-bond donors (Lipinski definition) is 2.